The molecule has 6 nitrogen and oxygen atoms in total. The van der Waals surface area contributed by atoms with Crippen molar-refractivity contribution >= 4 is 34.0 Å². The summed E-state index contributed by atoms with van der Waals surface area (Å²) in [6.07, 6.45) is 1.66. The summed E-state index contributed by atoms with van der Waals surface area (Å²) in [5.74, 6) is -0.121. The van der Waals surface area contributed by atoms with Crippen molar-refractivity contribution in [2.45, 2.75) is 30.7 Å². The summed E-state index contributed by atoms with van der Waals surface area (Å²) in [5.41, 5.74) is 2.20. The van der Waals surface area contributed by atoms with Gasteiger partial charge in [-0.05, 0) is 49.6 Å². The molecule has 1 saturated heterocycles. The van der Waals surface area contributed by atoms with Gasteiger partial charge in [-0.3, -0.25) is 9.10 Å². The van der Waals surface area contributed by atoms with E-state index in [9.17, 15) is 13.2 Å². The Bertz CT molecular complexity index is 996. The van der Waals surface area contributed by atoms with E-state index in [0.717, 1.165) is 30.6 Å². The van der Waals surface area contributed by atoms with E-state index in [1.54, 1.807) is 23.1 Å². The molecule has 2 aliphatic heterocycles. The van der Waals surface area contributed by atoms with Crippen molar-refractivity contribution in [3.05, 3.63) is 59.7 Å². The highest BCUT2D eigenvalue weighted by Gasteiger charge is 2.30. The van der Waals surface area contributed by atoms with E-state index in [2.05, 4.69) is 5.32 Å². The van der Waals surface area contributed by atoms with Gasteiger partial charge in [0.1, 0.15) is 0 Å². The fraction of sp³-hybridized carbons (Fsp3) is 0.381. The van der Waals surface area contributed by atoms with Gasteiger partial charge in [0, 0.05) is 37.8 Å². The molecule has 0 aliphatic carbocycles. The Labute approximate surface area is 178 Å². The molecule has 0 bridgehead atoms. The molecule has 1 N–H and O–H groups in total. The molecule has 29 heavy (non-hydrogen) atoms. The second kappa shape index (κ2) is 8.73. The number of hydrogen-bond acceptors (Lipinski definition) is 4. The standard InChI is InChI=1S/C21H25N3O3S.ClH/c1-16-15-23(13-11-22-16)21(25)18-7-4-9-19(14-18)28(26,27)24-12-5-8-17-6-2-3-10-20(17)24;/h2-4,6-7,9-10,14,16,22H,5,8,11-13,15H2,1H3;1H. The summed E-state index contributed by atoms with van der Waals surface area (Å²) < 4.78 is 28.2. The van der Waals surface area contributed by atoms with Crippen LogP contribution in [0.15, 0.2) is 53.4 Å². The lowest BCUT2D eigenvalue weighted by atomic mass is 10.0. The summed E-state index contributed by atoms with van der Waals surface area (Å²) in [6, 6.07) is 14.3. The smallest absolute Gasteiger partial charge is 0.264 e. The summed E-state index contributed by atoms with van der Waals surface area (Å²) in [4.78, 5) is 14.8. The number of anilines is 1. The number of fused-ring (bicyclic) bond motifs is 1. The van der Waals surface area contributed by atoms with Crippen molar-refractivity contribution in [3.8, 4) is 0 Å². The van der Waals surface area contributed by atoms with Crippen LogP contribution in [-0.4, -0.2) is 51.4 Å². The molecule has 0 aromatic heterocycles. The number of rotatable bonds is 3. The third kappa shape index (κ3) is 4.27. The summed E-state index contributed by atoms with van der Waals surface area (Å²) in [7, 11) is -3.72. The van der Waals surface area contributed by atoms with Crippen LogP contribution in [0.5, 0.6) is 0 Å². The quantitative estimate of drug-likeness (QED) is 0.804. The largest absolute Gasteiger partial charge is 0.336 e. The van der Waals surface area contributed by atoms with Crippen LogP contribution in [0.25, 0.3) is 0 Å². The lowest BCUT2D eigenvalue weighted by Crippen LogP contribution is -2.51. The first kappa shape index (κ1) is 21.6. The monoisotopic (exact) mass is 435 g/mol. The Morgan fingerprint density at radius 2 is 1.90 bits per heavy atom. The molecular formula is C21H26ClN3O3S. The molecule has 1 unspecified atom stereocenters. The summed E-state index contributed by atoms with van der Waals surface area (Å²) >= 11 is 0. The average Bonchev–Trinajstić information content (AvgIpc) is 2.73. The number of benzene rings is 2. The van der Waals surface area contributed by atoms with Gasteiger partial charge in [0.2, 0.25) is 0 Å². The molecule has 4 rings (SSSR count). The first-order chi connectivity index (χ1) is 13.5. The molecule has 2 aromatic carbocycles. The van der Waals surface area contributed by atoms with Gasteiger partial charge < -0.3 is 10.2 Å². The Kier molecular flexibility index (Phi) is 6.51. The molecule has 1 amide bonds. The van der Waals surface area contributed by atoms with E-state index in [1.165, 1.54) is 10.4 Å². The highest BCUT2D eigenvalue weighted by atomic mass is 35.5. The Hall–Kier alpha value is -2.09. The number of sulfonamides is 1. The number of nitrogens with one attached hydrogen (secondary N) is 1. The second-order valence-corrected chi connectivity index (χ2v) is 9.31. The van der Waals surface area contributed by atoms with Crippen LogP contribution in [0.1, 0.15) is 29.3 Å². The topological polar surface area (TPSA) is 69.7 Å². The first-order valence-electron chi connectivity index (χ1n) is 9.70. The number of carbonyl (C=O) groups excluding carboxylic acids is 1. The van der Waals surface area contributed by atoms with E-state index in [-0.39, 0.29) is 29.3 Å². The van der Waals surface area contributed by atoms with Gasteiger partial charge in [-0.25, -0.2) is 8.42 Å². The van der Waals surface area contributed by atoms with Crippen molar-refractivity contribution in [1.29, 1.82) is 0 Å². The van der Waals surface area contributed by atoms with Gasteiger partial charge in [0.15, 0.2) is 0 Å². The number of nitrogens with zero attached hydrogens (tertiary/aromatic N) is 2. The van der Waals surface area contributed by atoms with Crippen LogP contribution in [-0.2, 0) is 16.4 Å². The molecule has 2 heterocycles. The molecule has 156 valence electrons. The summed E-state index contributed by atoms with van der Waals surface area (Å²) in [6.45, 7) is 4.48. The van der Waals surface area contributed by atoms with Crippen molar-refractivity contribution in [2.75, 3.05) is 30.5 Å². The molecule has 0 spiro atoms. The van der Waals surface area contributed by atoms with Crippen LogP contribution in [0.3, 0.4) is 0 Å². The molecule has 1 fully saturated rings. The predicted octanol–water partition coefficient (Wildman–Crippen LogP) is 2.68. The van der Waals surface area contributed by atoms with Crippen LogP contribution >= 0.6 is 12.4 Å². The minimum atomic E-state index is -3.72. The molecular weight excluding hydrogens is 410 g/mol. The SMILES string of the molecule is CC1CN(C(=O)c2cccc(S(=O)(=O)N3CCCc4ccccc43)c2)CCN1.Cl. The zero-order chi connectivity index (χ0) is 19.7. The fourth-order valence-corrected chi connectivity index (χ4v) is 5.55. The highest BCUT2D eigenvalue weighted by Crippen LogP contribution is 2.32. The van der Waals surface area contributed by atoms with Crippen LogP contribution < -0.4 is 9.62 Å². The normalized spacial score (nSPS) is 19.3. The second-order valence-electron chi connectivity index (χ2n) is 7.44. The maximum atomic E-state index is 13.3. The number of carbonyl (C=O) groups is 1. The van der Waals surface area contributed by atoms with Gasteiger partial charge in [0.05, 0.1) is 10.6 Å². The molecule has 1 atom stereocenters. The zero-order valence-corrected chi connectivity index (χ0v) is 18.0. The third-order valence-electron chi connectivity index (χ3n) is 5.39. The average molecular weight is 436 g/mol. The lowest BCUT2D eigenvalue weighted by Gasteiger charge is -2.32. The predicted molar refractivity (Wildman–Crippen MR) is 116 cm³/mol. The Balaban J connectivity index is 0.00000240. The van der Waals surface area contributed by atoms with Gasteiger partial charge in [-0.1, -0.05) is 24.3 Å². The minimum absolute atomic E-state index is 0. The maximum Gasteiger partial charge on any atom is 0.264 e. The van der Waals surface area contributed by atoms with E-state index >= 15 is 0 Å². The number of aryl methyl sites for hydroxylation is 1. The molecule has 2 aliphatic rings. The highest BCUT2D eigenvalue weighted by molar-refractivity contribution is 7.92. The molecule has 2 aromatic rings. The van der Waals surface area contributed by atoms with Crippen molar-refractivity contribution in [2.24, 2.45) is 0 Å². The van der Waals surface area contributed by atoms with Gasteiger partial charge in [-0.15, -0.1) is 12.4 Å². The van der Waals surface area contributed by atoms with Crippen molar-refractivity contribution < 1.29 is 13.2 Å². The van der Waals surface area contributed by atoms with Gasteiger partial charge >= 0.3 is 0 Å². The first-order valence-corrected chi connectivity index (χ1v) is 11.1. The van der Waals surface area contributed by atoms with Crippen LogP contribution in [0.2, 0.25) is 0 Å². The van der Waals surface area contributed by atoms with Gasteiger partial charge in [0.25, 0.3) is 15.9 Å². The van der Waals surface area contributed by atoms with Gasteiger partial charge in [-0.2, -0.15) is 0 Å². The maximum absolute atomic E-state index is 13.3. The number of piperazine rings is 1. The van der Waals surface area contributed by atoms with Crippen molar-refractivity contribution in [3.63, 3.8) is 0 Å². The number of hydrogen-bond donors (Lipinski definition) is 1. The number of amides is 1. The Morgan fingerprint density at radius 1 is 1.10 bits per heavy atom. The van der Waals surface area contributed by atoms with E-state index in [4.69, 9.17) is 0 Å². The third-order valence-corrected chi connectivity index (χ3v) is 7.20. The fourth-order valence-electron chi connectivity index (χ4n) is 3.96. The van der Waals surface area contributed by atoms with E-state index < -0.39 is 10.0 Å². The van der Waals surface area contributed by atoms with E-state index in [0.29, 0.717) is 25.2 Å². The lowest BCUT2D eigenvalue weighted by molar-refractivity contribution is 0.0709. The molecule has 0 radical (unpaired) electrons. The molecule has 0 saturated carbocycles. The summed E-state index contributed by atoms with van der Waals surface area (Å²) in [5, 5.41) is 3.31. The number of halogens is 1. The zero-order valence-electron chi connectivity index (χ0n) is 16.4. The minimum Gasteiger partial charge on any atom is -0.336 e. The Morgan fingerprint density at radius 3 is 2.69 bits per heavy atom. The van der Waals surface area contributed by atoms with Crippen molar-refractivity contribution in [1.82, 2.24) is 10.2 Å². The van der Waals surface area contributed by atoms with Crippen LogP contribution in [0, 0.1) is 0 Å². The van der Waals surface area contributed by atoms with E-state index in [1.807, 2.05) is 31.2 Å². The van der Waals surface area contributed by atoms with Crippen LogP contribution in [0.4, 0.5) is 5.69 Å². The molecule has 8 heteroatoms. The number of para-hydroxylation sites is 1.